The third-order valence-electron chi connectivity index (χ3n) is 10.5. The fourth-order valence-electron chi connectivity index (χ4n) is 7.66. The third-order valence-corrected chi connectivity index (χ3v) is 10.5. The van der Waals surface area contributed by atoms with E-state index in [2.05, 4.69) is 230 Å². The van der Waals surface area contributed by atoms with E-state index in [1.54, 1.807) is 0 Å². The molecule has 0 aliphatic heterocycles. The van der Waals surface area contributed by atoms with Gasteiger partial charge >= 0.3 is 0 Å². The highest BCUT2D eigenvalue weighted by molar-refractivity contribution is 6.11. The molecule has 0 saturated heterocycles. The van der Waals surface area contributed by atoms with Crippen molar-refractivity contribution in [1.82, 2.24) is 4.57 Å². The van der Waals surface area contributed by atoms with Crippen LogP contribution in [0.4, 0.5) is 17.1 Å². The molecule has 1 aromatic heterocycles. The maximum Gasteiger partial charge on any atom is 0.0541 e. The van der Waals surface area contributed by atoms with Crippen LogP contribution in [0.1, 0.15) is 26.3 Å². The minimum atomic E-state index is 0.0450. The van der Waals surface area contributed by atoms with Gasteiger partial charge in [0.2, 0.25) is 0 Å². The Balaban J connectivity index is 1.17. The van der Waals surface area contributed by atoms with Gasteiger partial charge in [0.25, 0.3) is 0 Å². The highest BCUT2D eigenvalue weighted by Gasteiger charge is 2.19. The topological polar surface area (TPSA) is 8.17 Å². The number of aromatic nitrogens is 1. The normalized spacial score (nSPS) is 11.6. The second-order valence-electron chi connectivity index (χ2n) is 15.1. The summed E-state index contributed by atoms with van der Waals surface area (Å²) < 4.78 is 2.40. The minimum absolute atomic E-state index is 0.0450. The van der Waals surface area contributed by atoms with E-state index in [-0.39, 0.29) is 5.41 Å². The zero-order valence-corrected chi connectivity index (χ0v) is 30.9. The third kappa shape index (κ3) is 6.27. The molecule has 0 amide bonds. The van der Waals surface area contributed by atoms with Crippen molar-refractivity contribution in [3.05, 3.63) is 206 Å². The van der Waals surface area contributed by atoms with Crippen LogP contribution in [0.15, 0.2) is 200 Å². The van der Waals surface area contributed by atoms with E-state index in [1.807, 2.05) is 0 Å². The van der Waals surface area contributed by atoms with E-state index in [4.69, 9.17) is 0 Å². The summed E-state index contributed by atoms with van der Waals surface area (Å²) in [7, 11) is 0. The molecule has 0 spiro atoms. The molecule has 0 saturated carbocycles. The highest BCUT2D eigenvalue weighted by Crippen LogP contribution is 2.41. The summed E-state index contributed by atoms with van der Waals surface area (Å²) in [6.07, 6.45) is 0. The Hall–Kier alpha value is -6.64. The average molecular weight is 695 g/mol. The number of fused-ring (bicyclic) bond motifs is 3. The lowest BCUT2D eigenvalue weighted by Crippen LogP contribution is -2.10. The van der Waals surface area contributed by atoms with Crippen LogP contribution in [0.3, 0.4) is 0 Å². The summed E-state index contributed by atoms with van der Waals surface area (Å²) in [5.41, 5.74) is 15.5. The monoisotopic (exact) mass is 694 g/mol. The van der Waals surface area contributed by atoms with Crippen LogP contribution >= 0.6 is 0 Å². The van der Waals surface area contributed by atoms with Gasteiger partial charge in [-0.25, -0.2) is 0 Å². The number of hydrogen-bond acceptors (Lipinski definition) is 1. The van der Waals surface area contributed by atoms with Gasteiger partial charge in [0.05, 0.1) is 11.0 Å². The standard InChI is InChI=1S/C52H42N2/c1-52(2,3)43-27-33-51-49(36-43)48-35-42(26-32-50(48)54(51)44-19-11-6-12-20-44)41-18-13-21-47(34-41)53(45-28-22-39(23-29-45)37-14-7-4-8-15-37)46-30-24-40(25-31-46)38-16-9-5-10-17-38/h4-36H,1-3H3. The molecule has 0 fully saturated rings. The second-order valence-corrected chi connectivity index (χ2v) is 15.1. The Morgan fingerprint density at radius 1 is 0.352 bits per heavy atom. The zero-order chi connectivity index (χ0) is 36.6. The second kappa shape index (κ2) is 13.7. The largest absolute Gasteiger partial charge is 0.310 e. The van der Waals surface area contributed by atoms with Crippen LogP contribution in [-0.2, 0) is 5.41 Å². The Morgan fingerprint density at radius 3 is 1.35 bits per heavy atom. The maximum atomic E-state index is 2.40. The predicted octanol–water partition coefficient (Wildman–Crippen LogP) is 14.6. The van der Waals surface area contributed by atoms with Crippen molar-refractivity contribution in [2.45, 2.75) is 26.2 Å². The molecule has 2 nitrogen and oxygen atoms in total. The van der Waals surface area contributed by atoms with Crippen molar-refractivity contribution in [1.29, 1.82) is 0 Å². The minimum Gasteiger partial charge on any atom is -0.310 e. The summed E-state index contributed by atoms with van der Waals surface area (Å²) in [5, 5.41) is 2.53. The van der Waals surface area contributed by atoms with Gasteiger partial charge in [-0.05, 0) is 117 Å². The van der Waals surface area contributed by atoms with Crippen molar-refractivity contribution in [3.63, 3.8) is 0 Å². The molecule has 9 aromatic rings. The zero-order valence-electron chi connectivity index (χ0n) is 30.9. The SMILES string of the molecule is CC(C)(C)c1ccc2c(c1)c1cc(-c3cccc(N(c4ccc(-c5ccccc5)cc4)c4ccc(-c5ccccc5)cc4)c3)ccc1n2-c1ccccc1. The molecule has 0 unspecified atom stereocenters. The van der Waals surface area contributed by atoms with Gasteiger partial charge in [0, 0.05) is 33.5 Å². The molecule has 2 heteroatoms. The number of para-hydroxylation sites is 1. The number of hydrogen-bond donors (Lipinski definition) is 0. The van der Waals surface area contributed by atoms with Crippen LogP contribution in [0.5, 0.6) is 0 Å². The smallest absolute Gasteiger partial charge is 0.0541 e. The van der Waals surface area contributed by atoms with E-state index in [0.29, 0.717) is 0 Å². The molecular weight excluding hydrogens is 653 g/mol. The molecule has 8 aromatic carbocycles. The highest BCUT2D eigenvalue weighted by atomic mass is 15.1. The average Bonchev–Trinajstić information content (AvgIpc) is 3.55. The van der Waals surface area contributed by atoms with Gasteiger partial charge < -0.3 is 9.47 Å². The molecule has 0 bridgehead atoms. The molecule has 0 N–H and O–H groups in total. The van der Waals surface area contributed by atoms with Crippen LogP contribution < -0.4 is 4.90 Å². The summed E-state index contributed by atoms with van der Waals surface area (Å²) in [5.74, 6) is 0. The summed E-state index contributed by atoms with van der Waals surface area (Å²) in [6, 6.07) is 72.6. The van der Waals surface area contributed by atoms with Crippen molar-refractivity contribution >= 4 is 38.9 Å². The molecule has 1 heterocycles. The lowest BCUT2D eigenvalue weighted by molar-refractivity contribution is 0.591. The van der Waals surface area contributed by atoms with E-state index in [9.17, 15) is 0 Å². The number of benzene rings is 8. The molecule has 9 rings (SSSR count). The number of rotatable bonds is 7. The fraction of sp³-hybridized carbons (Fsp3) is 0.0769. The molecule has 0 aliphatic rings. The van der Waals surface area contributed by atoms with Gasteiger partial charge in [-0.2, -0.15) is 0 Å². The molecule has 0 atom stereocenters. The summed E-state index contributed by atoms with van der Waals surface area (Å²) >= 11 is 0. The summed E-state index contributed by atoms with van der Waals surface area (Å²) in [4.78, 5) is 2.36. The van der Waals surface area contributed by atoms with E-state index in [1.165, 1.54) is 66.4 Å². The number of anilines is 3. The lowest BCUT2D eigenvalue weighted by atomic mass is 9.86. The first-order valence-electron chi connectivity index (χ1n) is 18.8. The Morgan fingerprint density at radius 2 is 0.796 bits per heavy atom. The lowest BCUT2D eigenvalue weighted by Gasteiger charge is -2.26. The summed E-state index contributed by atoms with van der Waals surface area (Å²) in [6.45, 7) is 6.87. The van der Waals surface area contributed by atoms with Gasteiger partial charge in [-0.1, -0.05) is 148 Å². The van der Waals surface area contributed by atoms with Gasteiger partial charge in [-0.15, -0.1) is 0 Å². The van der Waals surface area contributed by atoms with E-state index >= 15 is 0 Å². The first kappa shape index (κ1) is 33.2. The Bertz CT molecular complexity index is 2620. The van der Waals surface area contributed by atoms with Crippen LogP contribution in [0.25, 0.3) is 60.9 Å². The fourth-order valence-corrected chi connectivity index (χ4v) is 7.66. The van der Waals surface area contributed by atoms with Gasteiger partial charge in [-0.3, -0.25) is 0 Å². The molecule has 260 valence electrons. The first-order valence-corrected chi connectivity index (χ1v) is 18.8. The molecule has 54 heavy (non-hydrogen) atoms. The van der Waals surface area contributed by atoms with Crippen LogP contribution in [0.2, 0.25) is 0 Å². The predicted molar refractivity (Wildman–Crippen MR) is 230 cm³/mol. The van der Waals surface area contributed by atoms with Crippen molar-refractivity contribution in [2.24, 2.45) is 0 Å². The maximum absolute atomic E-state index is 2.40. The number of nitrogens with zero attached hydrogens (tertiary/aromatic N) is 2. The van der Waals surface area contributed by atoms with Gasteiger partial charge in [0.15, 0.2) is 0 Å². The van der Waals surface area contributed by atoms with Crippen LogP contribution in [-0.4, -0.2) is 4.57 Å². The van der Waals surface area contributed by atoms with Crippen LogP contribution in [0, 0.1) is 0 Å². The first-order chi connectivity index (χ1) is 26.4. The molecule has 0 radical (unpaired) electrons. The molecular formula is C52H42N2. The van der Waals surface area contributed by atoms with Crippen molar-refractivity contribution in [3.8, 4) is 39.1 Å². The van der Waals surface area contributed by atoms with Crippen molar-refractivity contribution in [2.75, 3.05) is 4.90 Å². The Labute approximate surface area is 318 Å². The Kier molecular flexibility index (Phi) is 8.44. The van der Waals surface area contributed by atoms with Gasteiger partial charge in [0.1, 0.15) is 0 Å². The molecule has 0 aliphatic carbocycles. The quantitative estimate of drug-likeness (QED) is 0.161. The van der Waals surface area contributed by atoms with E-state index in [0.717, 1.165) is 17.1 Å². The van der Waals surface area contributed by atoms with E-state index < -0.39 is 0 Å². The van der Waals surface area contributed by atoms with Crippen molar-refractivity contribution < 1.29 is 0 Å².